The SMILES string of the molecule is c1ccc(N(c2ccc3c(c2)C2(c4ccccc4Oc4ccccc42)c2ccccc2S3)c2ccc3c(c2)oc2ccccc23)cc1. The lowest BCUT2D eigenvalue weighted by molar-refractivity contribution is 0.431. The third kappa shape index (κ3) is 3.82. The van der Waals surface area contributed by atoms with Gasteiger partial charge >= 0.3 is 0 Å². The van der Waals surface area contributed by atoms with Crippen molar-refractivity contribution >= 4 is 50.8 Å². The van der Waals surface area contributed by atoms with E-state index in [2.05, 4.69) is 157 Å². The second-order valence-electron chi connectivity index (χ2n) is 12.1. The van der Waals surface area contributed by atoms with Crippen LogP contribution >= 0.6 is 11.8 Å². The van der Waals surface area contributed by atoms with Crippen molar-refractivity contribution in [1.82, 2.24) is 0 Å². The number of fused-ring (bicyclic) bond motifs is 11. The van der Waals surface area contributed by atoms with E-state index in [1.54, 1.807) is 0 Å². The predicted octanol–water partition coefficient (Wildman–Crippen LogP) is 12.0. The van der Waals surface area contributed by atoms with Gasteiger partial charge in [0.2, 0.25) is 0 Å². The van der Waals surface area contributed by atoms with Crippen LogP contribution in [0.2, 0.25) is 0 Å². The molecule has 8 aromatic rings. The summed E-state index contributed by atoms with van der Waals surface area (Å²) in [5, 5.41) is 2.24. The molecule has 10 rings (SSSR count). The van der Waals surface area contributed by atoms with Crippen molar-refractivity contribution in [2.75, 3.05) is 4.90 Å². The number of nitrogens with zero attached hydrogens (tertiary/aromatic N) is 1. The Morgan fingerprint density at radius 3 is 1.83 bits per heavy atom. The molecule has 0 unspecified atom stereocenters. The van der Waals surface area contributed by atoms with E-state index >= 15 is 0 Å². The minimum Gasteiger partial charge on any atom is -0.457 e. The summed E-state index contributed by atoms with van der Waals surface area (Å²) in [4.78, 5) is 4.83. The average Bonchev–Trinajstić information content (AvgIpc) is 3.50. The van der Waals surface area contributed by atoms with Crippen LogP contribution in [0.5, 0.6) is 11.5 Å². The van der Waals surface area contributed by atoms with Gasteiger partial charge in [-0.2, -0.15) is 0 Å². The van der Waals surface area contributed by atoms with Crippen LogP contribution in [0.1, 0.15) is 22.3 Å². The summed E-state index contributed by atoms with van der Waals surface area (Å²) >= 11 is 1.84. The molecule has 0 N–H and O–H groups in total. The Hall–Kier alpha value is -5.71. The largest absolute Gasteiger partial charge is 0.457 e. The molecule has 47 heavy (non-hydrogen) atoms. The topological polar surface area (TPSA) is 25.6 Å². The quantitative estimate of drug-likeness (QED) is 0.196. The first-order chi connectivity index (χ1) is 23.3. The van der Waals surface area contributed by atoms with Gasteiger partial charge in [0.1, 0.15) is 22.7 Å². The van der Waals surface area contributed by atoms with Gasteiger partial charge in [-0.05, 0) is 77.9 Å². The van der Waals surface area contributed by atoms with Crippen molar-refractivity contribution < 1.29 is 9.15 Å². The van der Waals surface area contributed by atoms with Gasteiger partial charge in [-0.25, -0.2) is 0 Å². The molecule has 4 heteroatoms. The van der Waals surface area contributed by atoms with Crippen LogP contribution in [0.4, 0.5) is 17.1 Å². The lowest BCUT2D eigenvalue weighted by Crippen LogP contribution is -2.36. The van der Waals surface area contributed by atoms with Crippen molar-refractivity contribution in [2.24, 2.45) is 0 Å². The highest BCUT2D eigenvalue weighted by molar-refractivity contribution is 7.99. The van der Waals surface area contributed by atoms with Gasteiger partial charge in [0.05, 0.1) is 5.41 Å². The zero-order chi connectivity index (χ0) is 31.0. The maximum Gasteiger partial charge on any atom is 0.137 e. The molecule has 7 aromatic carbocycles. The maximum absolute atomic E-state index is 6.59. The molecule has 0 atom stereocenters. The van der Waals surface area contributed by atoms with Gasteiger partial charge in [0, 0.05) is 54.8 Å². The zero-order valence-electron chi connectivity index (χ0n) is 25.3. The fourth-order valence-electron chi connectivity index (χ4n) is 7.62. The minimum atomic E-state index is -0.566. The molecule has 0 amide bonds. The molecule has 0 radical (unpaired) electrons. The summed E-state index contributed by atoms with van der Waals surface area (Å²) in [6.45, 7) is 0. The Morgan fingerprint density at radius 2 is 1.02 bits per heavy atom. The van der Waals surface area contributed by atoms with Gasteiger partial charge in [-0.15, -0.1) is 0 Å². The Balaban J connectivity index is 1.26. The summed E-state index contributed by atoms with van der Waals surface area (Å²) in [6.07, 6.45) is 0. The van der Waals surface area contributed by atoms with E-state index < -0.39 is 5.41 Å². The first-order valence-electron chi connectivity index (χ1n) is 15.8. The highest BCUT2D eigenvalue weighted by Crippen LogP contribution is 2.62. The van der Waals surface area contributed by atoms with E-state index in [0.29, 0.717) is 0 Å². The molecule has 0 saturated heterocycles. The highest BCUT2D eigenvalue weighted by Gasteiger charge is 2.49. The average molecular weight is 622 g/mol. The van der Waals surface area contributed by atoms with E-state index in [9.17, 15) is 0 Å². The number of ether oxygens (including phenoxy) is 1. The van der Waals surface area contributed by atoms with Crippen molar-refractivity contribution in [3.8, 4) is 11.5 Å². The number of furan rings is 1. The molecule has 1 spiro atoms. The molecule has 0 fully saturated rings. The predicted molar refractivity (Wildman–Crippen MR) is 191 cm³/mol. The Morgan fingerprint density at radius 1 is 0.426 bits per heavy atom. The van der Waals surface area contributed by atoms with Crippen molar-refractivity contribution in [3.05, 3.63) is 186 Å². The first kappa shape index (κ1) is 26.5. The fourth-order valence-corrected chi connectivity index (χ4v) is 8.79. The summed E-state index contributed by atoms with van der Waals surface area (Å²) < 4.78 is 13.0. The number of benzene rings is 7. The lowest BCUT2D eigenvalue weighted by atomic mass is 9.63. The van der Waals surface area contributed by atoms with Crippen LogP contribution in [-0.4, -0.2) is 0 Å². The Bertz CT molecular complexity index is 2400. The van der Waals surface area contributed by atoms with Crippen molar-refractivity contribution in [2.45, 2.75) is 15.2 Å². The molecule has 2 aliphatic heterocycles. The van der Waals surface area contributed by atoms with E-state index in [0.717, 1.165) is 61.6 Å². The third-order valence-corrected chi connectivity index (χ3v) is 10.7. The molecule has 3 nitrogen and oxygen atoms in total. The molecular formula is C43H27NO2S. The fraction of sp³-hybridized carbons (Fsp3) is 0.0233. The zero-order valence-corrected chi connectivity index (χ0v) is 26.1. The summed E-state index contributed by atoms with van der Waals surface area (Å²) in [6, 6.07) is 58.2. The molecular weight excluding hydrogens is 595 g/mol. The van der Waals surface area contributed by atoms with Crippen LogP contribution < -0.4 is 9.64 Å². The maximum atomic E-state index is 6.59. The molecule has 0 aliphatic carbocycles. The second-order valence-corrected chi connectivity index (χ2v) is 13.2. The van der Waals surface area contributed by atoms with Gasteiger partial charge in [0.15, 0.2) is 0 Å². The van der Waals surface area contributed by atoms with Crippen LogP contribution in [0.3, 0.4) is 0 Å². The van der Waals surface area contributed by atoms with Gasteiger partial charge < -0.3 is 14.1 Å². The number of hydrogen-bond acceptors (Lipinski definition) is 4. The van der Waals surface area contributed by atoms with Crippen LogP contribution in [-0.2, 0) is 5.41 Å². The monoisotopic (exact) mass is 621 g/mol. The molecule has 0 bridgehead atoms. The third-order valence-electron chi connectivity index (χ3n) is 9.57. The van der Waals surface area contributed by atoms with E-state index in [-0.39, 0.29) is 0 Å². The summed E-state index contributed by atoms with van der Waals surface area (Å²) in [5.41, 5.74) is 9.21. The number of hydrogen-bond donors (Lipinski definition) is 0. The van der Waals surface area contributed by atoms with Crippen molar-refractivity contribution in [1.29, 1.82) is 0 Å². The molecule has 222 valence electrons. The smallest absolute Gasteiger partial charge is 0.137 e. The number of rotatable bonds is 3. The normalized spacial score (nSPS) is 13.8. The molecule has 1 aromatic heterocycles. The standard InChI is InChI=1S/C43H27NO2S/c1-2-12-28(13-3-1)44(30-22-24-32-31-14-4-8-18-37(31)45-40(32)27-30)29-23-25-42-36(26-29)43(35-17-7-11-21-41(35)47-42)33-15-5-9-19-38(33)46-39-20-10-6-16-34(39)43/h1-27H. The van der Waals surface area contributed by atoms with Gasteiger partial charge in [-0.1, -0.05) is 103 Å². The highest BCUT2D eigenvalue weighted by atomic mass is 32.2. The summed E-state index contributed by atoms with van der Waals surface area (Å²) in [5.74, 6) is 1.78. The summed E-state index contributed by atoms with van der Waals surface area (Å²) in [7, 11) is 0. The second kappa shape index (κ2) is 10.1. The van der Waals surface area contributed by atoms with Crippen LogP contribution in [0, 0.1) is 0 Å². The van der Waals surface area contributed by atoms with Crippen LogP contribution in [0.25, 0.3) is 21.9 Å². The lowest BCUT2D eigenvalue weighted by Gasteiger charge is -2.45. The van der Waals surface area contributed by atoms with E-state index in [1.807, 2.05) is 23.9 Å². The van der Waals surface area contributed by atoms with E-state index in [1.165, 1.54) is 20.9 Å². The molecule has 2 aliphatic rings. The van der Waals surface area contributed by atoms with Crippen LogP contribution in [0.15, 0.2) is 178 Å². The van der Waals surface area contributed by atoms with Crippen molar-refractivity contribution in [3.63, 3.8) is 0 Å². The number of anilines is 3. The first-order valence-corrected chi connectivity index (χ1v) is 16.7. The Labute approximate surface area is 276 Å². The molecule has 0 saturated carbocycles. The van der Waals surface area contributed by atoms with E-state index in [4.69, 9.17) is 9.15 Å². The molecule has 3 heterocycles. The van der Waals surface area contributed by atoms with Gasteiger partial charge in [-0.3, -0.25) is 0 Å². The van der Waals surface area contributed by atoms with Gasteiger partial charge in [0.25, 0.3) is 0 Å². The Kier molecular flexibility index (Phi) is 5.72. The minimum absolute atomic E-state index is 0.566. The number of para-hydroxylation sites is 4.